The first-order chi connectivity index (χ1) is 6.02. The first kappa shape index (κ1) is 10.3. The van der Waals surface area contributed by atoms with E-state index in [9.17, 15) is 5.11 Å². The van der Waals surface area contributed by atoms with Gasteiger partial charge in [0.1, 0.15) is 17.1 Å². The molecule has 0 spiro atoms. The van der Waals surface area contributed by atoms with Crippen LogP contribution in [0.2, 0.25) is 5.15 Å². The standard InChI is InChI=1S/C9H13ClN2O/c1-6(2)4-7(13)9-11-5-8(10)12(9)3/h4-5,7,13H,1-3H3. The summed E-state index contributed by atoms with van der Waals surface area (Å²) < 4.78 is 1.66. The monoisotopic (exact) mass is 200 g/mol. The maximum absolute atomic E-state index is 9.67. The summed E-state index contributed by atoms with van der Waals surface area (Å²) in [6.45, 7) is 3.85. The smallest absolute Gasteiger partial charge is 0.142 e. The number of imidazole rings is 1. The molecule has 4 heteroatoms. The summed E-state index contributed by atoms with van der Waals surface area (Å²) in [6, 6.07) is 0. The summed E-state index contributed by atoms with van der Waals surface area (Å²) in [6.07, 6.45) is 2.58. The van der Waals surface area contributed by atoms with Crippen molar-refractivity contribution in [3.8, 4) is 0 Å². The molecule has 1 unspecified atom stereocenters. The Hall–Kier alpha value is -0.800. The van der Waals surface area contributed by atoms with Crippen LogP contribution in [-0.2, 0) is 7.05 Å². The molecule has 0 saturated carbocycles. The van der Waals surface area contributed by atoms with Crippen LogP contribution < -0.4 is 0 Å². The molecule has 0 aliphatic heterocycles. The van der Waals surface area contributed by atoms with Gasteiger partial charge in [-0.3, -0.25) is 0 Å². The molecule has 72 valence electrons. The second-order valence-electron chi connectivity index (χ2n) is 3.19. The van der Waals surface area contributed by atoms with Gasteiger partial charge in [0.15, 0.2) is 0 Å². The highest BCUT2D eigenvalue weighted by Crippen LogP contribution is 2.17. The highest BCUT2D eigenvalue weighted by molar-refractivity contribution is 6.29. The average molecular weight is 201 g/mol. The molecule has 0 amide bonds. The van der Waals surface area contributed by atoms with Gasteiger partial charge < -0.3 is 9.67 Å². The number of nitrogens with zero attached hydrogens (tertiary/aromatic N) is 2. The van der Waals surface area contributed by atoms with Crippen molar-refractivity contribution in [2.75, 3.05) is 0 Å². The summed E-state index contributed by atoms with van der Waals surface area (Å²) in [5.41, 5.74) is 1.05. The first-order valence-corrected chi connectivity index (χ1v) is 4.40. The molecule has 0 aliphatic rings. The van der Waals surface area contributed by atoms with E-state index < -0.39 is 6.10 Å². The molecule has 1 N–H and O–H groups in total. The molecule has 1 heterocycles. The quantitative estimate of drug-likeness (QED) is 0.743. The van der Waals surface area contributed by atoms with Gasteiger partial charge in [0.2, 0.25) is 0 Å². The third kappa shape index (κ3) is 2.32. The van der Waals surface area contributed by atoms with Crippen molar-refractivity contribution in [2.24, 2.45) is 7.05 Å². The number of aromatic nitrogens is 2. The number of hydrogen-bond donors (Lipinski definition) is 1. The minimum absolute atomic E-state index is 0.524. The Labute approximate surface area is 82.7 Å². The topological polar surface area (TPSA) is 38.1 Å². The van der Waals surface area contributed by atoms with E-state index >= 15 is 0 Å². The van der Waals surface area contributed by atoms with E-state index in [1.54, 1.807) is 17.7 Å². The lowest BCUT2D eigenvalue weighted by molar-refractivity contribution is 0.213. The number of aliphatic hydroxyl groups excluding tert-OH is 1. The van der Waals surface area contributed by atoms with Gasteiger partial charge in [-0.05, 0) is 19.9 Å². The third-order valence-corrected chi connectivity index (χ3v) is 2.07. The van der Waals surface area contributed by atoms with Gasteiger partial charge in [-0.2, -0.15) is 0 Å². The van der Waals surface area contributed by atoms with E-state index in [2.05, 4.69) is 4.98 Å². The fraction of sp³-hybridized carbons (Fsp3) is 0.444. The van der Waals surface area contributed by atoms with Crippen LogP contribution in [0.3, 0.4) is 0 Å². The predicted molar refractivity (Wildman–Crippen MR) is 52.6 cm³/mol. The molecular formula is C9H13ClN2O. The van der Waals surface area contributed by atoms with E-state index in [0.29, 0.717) is 11.0 Å². The van der Waals surface area contributed by atoms with Gasteiger partial charge in [0.25, 0.3) is 0 Å². The zero-order valence-electron chi connectivity index (χ0n) is 7.95. The van der Waals surface area contributed by atoms with Crippen LogP contribution in [-0.4, -0.2) is 14.7 Å². The molecule has 1 atom stereocenters. The summed E-state index contributed by atoms with van der Waals surface area (Å²) in [5.74, 6) is 0.561. The Bertz CT molecular complexity index is 326. The summed E-state index contributed by atoms with van der Waals surface area (Å²) in [5, 5.41) is 10.2. The number of hydrogen-bond acceptors (Lipinski definition) is 2. The normalized spacial score (nSPS) is 12.7. The molecule has 3 nitrogen and oxygen atoms in total. The summed E-state index contributed by atoms with van der Waals surface area (Å²) in [7, 11) is 1.77. The molecule has 13 heavy (non-hydrogen) atoms. The van der Waals surface area contributed by atoms with Crippen molar-refractivity contribution in [1.82, 2.24) is 9.55 Å². The van der Waals surface area contributed by atoms with Crippen molar-refractivity contribution >= 4 is 11.6 Å². The second kappa shape index (κ2) is 3.94. The second-order valence-corrected chi connectivity index (χ2v) is 3.57. The van der Waals surface area contributed by atoms with Crippen LogP contribution in [0.5, 0.6) is 0 Å². The zero-order valence-corrected chi connectivity index (χ0v) is 8.71. The van der Waals surface area contributed by atoms with Crippen molar-refractivity contribution < 1.29 is 5.11 Å². The van der Waals surface area contributed by atoms with Gasteiger partial charge in [0, 0.05) is 7.05 Å². The zero-order chi connectivity index (χ0) is 10.0. The molecule has 1 aromatic heterocycles. The van der Waals surface area contributed by atoms with Crippen LogP contribution in [0.4, 0.5) is 0 Å². The van der Waals surface area contributed by atoms with Crippen LogP contribution in [0, 0.1) is 0 Å². The predicted octanol–water partition coefficient (Wildman–Crippen LogP) is 2.07. The largest absolute Gasteiger partial charge is 0.381 e. The number of rotatable bonds is 2. The molecule has 1 rings (SSSR count). The van der Waals surface area contributed by atoms with Gasteiger partial charge >= 0.3 is 0 Å². The third-order valence-electron chi connectivity index (χ3n) is 1.72. The Morgan fingerprint density at radius 3 is 2.69 bits per heavy atom. The Morgan fingerprint density at radius 1 is 1.69 bits per heavy atom. The van der Waals surface area contributed by atoms with E-state index in [-0.39, 0.29) is 0 Å². The van der Waals surface area contributed by atoms with Crippen LogP contribution in [0.1, 0.15) is 25.8 Å². The highest BCUT2D eigenvalue weighted by atomic mass is 35.5. The first-order valence-electron chi connectivity index (χ1n) is 4.02. The van der Waals surface area contributed by atoms with Crippen molar-refractivity contribution in [3.63, 3.8) is 0 Å². The molecule has 0 bridgehead atoms. The fourth-order valence-corrected chi connectivity index (χ4v) is 1.20. The molecule has 0 aromatic carbocycles. The number of allylic oxidation sites excluding steroid dienone is 1. The molecule has 0 aliphatic carbocycles. The highest BCUT2D eigenvalue weighted by Gasteiger charge is 2.11. The van der Waals surface area contributed by atoms with Gasteiger partial charge in [-0.1, -0.05) is 17.2 Å². The average Bonchev–Trinajstić information content (AvgIpc) is 2.31. The number of aliphatic hydroxyl groups is 1. The van der Waals surface area contributed by atoms with E-state index in [1.807, 2.05) is 13.8 Å². The van der Waals surface area contributed by atoms with Crippen LogP contribution in [0.25, 0.3) is 0 Å². The van der Waals surface area contributed by atoms with Crippen LogP contribution >= 0.6 is 11.6 Å². The van der Waals surface area contributed by atoms with Crippen molar-refractivity contribution in [1.29, 1.82) is 0 Å². The van der Waals surface area contributed by atoms with E-state index in [4.69, 9.17) is 11.6 Å². The minimum Gasteiger partial charge on any atom is -0.381 e. The lowest BCUT2D eigenvalue weighted by Gasteiger charge is -2.06. The SMILES string of the molecule is CC(C)=CC(O)c1ncc(Cl)n1C. The lowest BCUT2D eigenvalue weighted by atomic mass is 10.2. The maximum atomic E-state index is 9.67. The summed E-state index contributed by atoms with van der Waals surface area (Å²) >= 11 is 5.78. The Kier molecular flexibility index (Phi) is 3.12. The van der Waals surface area contributed by atoms with Crippen molar-refractivity contribution in [3.05, 3.63) is 28.8 Å². The molecule has 0 fully saturated rings. The van der Waals surface area contributed by atoms with Gasteiger partial charge in [0.05, 0.1) is 6.20 Å². The van der Waals surface area contributed by atoms with Crippen molar-refractivity contribution in [2.45, 2.75) is 20.0 Å². The van der Waals surface area contributed by atoms with Gasteiger partial charge in [-0.15, -0.1) is 0 Å². The minimum atomic E-state index is -0.678. The maximum Gasteiger partial charge on any atom is 0.142 e. The lowest BCUT2D eigenvalue weighted by Crippen LogP contribution is -2.03. The van der Waals surface area contributed by atoms with E-state index in [0.717, 1.165) is 5.57 Å². The molecular weight excluding hydrogens is 188 g/mol. The summed E-state index contributed by atoms with van der Waals surface area (Å²) in [4.78, 5) is 4.00. The molecule has 0 saturated heterocycles. The van der Waals surface area contributed by atoms with Gasteiger partial charge in [-0.25, -0.2) is 4.98 Å². The molecule has 0 radical (unpaired) electrons. The van der Waals surface area contributed by atoms with E-state index in [1.165, 1.54) is 6.20 Å². The fourth-order valence-electron chi connectivity index (χ4n) is 1.07. The molecule has 1 aromatic rings. The van der Waals surface area contributed by atoms with Crippen LogP contribution in [0.15, 0.2) is 17.8 Å². The Balaban J connectivity index is 2.95. The number of halogens is 1. The Morgan fingerprint density at radius 2 is 2.31 bits per heavy atom.